The molecule has 0 spiro atoms. The molecule has 1 saturated heterocycles. The van der Waals surface area contributed by atoms with E-state index < -0.39 is 23.6 Å². The third-order valence-corrected chi connectivity index (χ3v) is 2.75. The predicted octanol–water partition coefficient (Wildman–Crippen LogP) is 0.797. The molecule has 1 aliphatic heterocycles. The lowest BCUT2D eigenvalue weighted by atomic mass is 9.94. The molecule has 2 amide bonds. The topological polar surface area (TPSA) is 81.7 Å². The van der Waals surface area contributed by atoms with Gasteiger partial charge in [0.05, 0.1) is 6.61 Å². The van der Waals surface area contributed by atoms with Crippen molar-refractivity contribution in [3.63, 3.8) is 0 Å². The zero-order valence-electron chi connectivity index (χ0n) is 10.3. The lowest BCUT2D eigenvalue weighted by Crippen LogP contribution is -2.49. The van der Waals surface area contributed by atoms with Gasteiger partial charge in [-0.25, -0.2) is 9.59 Å². The Hall–Kier alpha value is -2.37. The molecular weight excluding hydrogens is 250 g/mol. The molecule has 2 rings (SSSR count). The molecule has 1 aromatic rings. The molecule has 1 atom stereocenters. The van der Waals surface area contributed by atoms with Crippen LogP contribution in [-0.2, 0) is 25.5 Å². The summed E-state index contributed by atoms with van der Waals surface area (Å²) in [4.78, 5) is 35.0. The molecule has 0 aromatic heterocycles. The molecule has 0 aliphatic carbocycles. The third kappa shape index (κ3) is 2.42. The Morgan fingerprint density at radius 3 is 2.53 bits per heavy atom. The molecule has 19 heavy (non-hydrogen) atoms. The Morgan fingerprint density at radius 1 is 1.32 bits per heavy atom. The summed E-state index contributed by atoms with van der Waals surface area (Å²) in [6.45, 7) is 1.71. The maximum Gasteiger partial charge on any atom is 0.415 e. The van der Waals surface area contributed by atoms with Crippen molar-refractivity contribution in [1.82, 2.24) is 5.32 Å². The standard InChI is InChI=1S/C13H13NO5/c1-2-18-11(16)13(10(15)14-12(17)19-13)8-9-6-4-3-5-7-9/h3-7H,2,8H2,1H3,(H,14,15,17). The molecule has 0 saturated carbocycles. The predicted molar refractivity (Wildman–Crippen MR) is 64.1 cm³/mol. The highest BCUT2D eigenvalue weighted by Crippen LogP contribution is 2.25. The van der Waals surface area contributed by atoms with Gasteiger partial charge < -0.3 is 9.47 Å². The Kier molecular flexibility index (Phi) is 3.50. The number of hydrogen-bond donors (Lipinski definition) is 1. The zero-order chi connectivity index (χ0) is 13.9. The van der Waals surface area contributed by atoms with Crippen LogP contribution in [0.4, 0.5) is 4.79 Å². The van der Waals surface area contributed by atoms with E-state index in [9.17, 15) is 14.4 Å². The Balaban J connectivity index is 2.32. The number of imide groups is 1. The van der Waals surface area contributed by atoms with Crippen LogP contribution in [-0.4, -0.2) is 30.2 Å². The van der Waals surface area contributed by atoms with E-state index in [4.69, 9.17) is 9.47 Å². The number of alkyl carbamates (subject to hydrolysis) is 1. The van der Waals surface area contributed by atoms with Gasteiger partial charge in [0.25, 0.3) is 11.5 Å². The van der Waals surface area contributed by atoms with E-state index in [1.807, 2.05) is 5.32 Å². The van der Waals surface area contributed by atoms with Gasteiger partial charge in [-0.05, 0) is 12.5 Å². The highest BCUT2D eigenvalue weighted by atomic mass is 16.6. The molecule has 0 bridgehead atoms. The fourth-order valence-electron chi connectivity index (χ4n) is 1.88. The van der Waals surface area contributed by atoms with Crippen LogP contribution in [0.2, 0.25) is 0 Å². The number of ether oxygens (including phenoxy) is 2. The van der Waals surface area contributed by atoms with Crippen LogP contribution in [0.25, 0.3) is 0 Å². The Labute approximate surface area is 109 Å². The number of nitrogens with one attached hydrogen (secondary N) is 1. The molecule has 6 heteroatoms. The van der Waals surface area contributed by atoms with Crippen molar-refractivity contribution >= 4 is 18.0 Å². The van der Waals surface area contributed by atoms with Crippen molar-refractivity contribution in [2.24, 2.45) is 0 Å². The highest BCUT2D eigenvalue weighted by molar-refractivity contribution is 6.15. The summed E-state index contributed by atoms with van der Waals surface area (Å²) in [6, 6.07) is 8.81. The quantitative estimate of drug-likeness (QED) is 0.641. The minimum absolute atomic E-state index is 0.0513. The van der Waals surface area contributed by atoms with Gasteiger partial charge in [0.15, 0.2) is 0 Å². The van der Waals surface area contributed by atoms with E-state index in [0.29, 0.717) is 5.56 Å². The summed E-state index contributed by atoms with van der Waals surface area (Å²) in [5, 5.41) is 1.97. The molecule has 1 N–H and O–H groups in total. The monoisotopic (exact) mass is 263 g/mol. The molecule has 100 valence electrons. The number of cyclic esters (lactones) is 1. The maximum absolute atomic E-state index is 12.0. The summed E-state index contributed by atoms with van der Waals surface area (Å²) >= 11 is 0. The fourth-order valence-corrected chi connectivity index (χ4v) is 1.88. The number of carbonyl (C=O) groups is 3. The number of benzene rings is 1. The second-order valence-electron chi connectivity index (χ2n) is 4.05. The van der Waals surface area contributed by atoms with E-state index in [1.165, 1.54) is 0 Å². The highest BCUT2D eigenvalue weighted by Gasteiger charge is 2.56. The normalized spacial score (nSPS) is 21.7. The van der Waals surface area contributed by atoms with E-state index >= 15 is 0 Å². The van der Waals surface area contributed by atoms with Crippen LogP contribution in [0.3, 0.4) is 0 Å². The summed E-state index contributed by atoms with van der Waals surface area (Å²) < 4.78 is 9.75. The van der Waals surface area contributed by atoms with Gasteiger partial charge in [-0.15, -0.1) is 0 Å². The summed E-state index contributed by atoms with van der Waals surface area (Å²) in [5.74, 6) is -1.65. The number of esters is 1. The van der Waals surface area contributed by atoms with Crippen molar-refractivity contribution in [3.05, 3.63) is 35.9 Å². The molecular formula is C13H13NO5. The van der Waals surface area contributed by atoms with Crippen LogP contribution in [0.5, 0.6) is 0 Å². The molecule has 1 fully saturated rings. The first-order valence-corrected chi connectivity index (χ1v) is 5.84. The minimum atomic E-state index is -1.92. The van der Waals surface area contributed by atoms with Gasteiger partial charge in [0.2, 0.25) is 0 Å². The van der Waals surface area contributed by atoms with Gasteiger partial charge in [-0.2, -0.15) is 0 Å². The first-order chi connectivity index (χ1) is 9.08. The average Bonchev–Trinajstić information content (AvgIpc) is 2.66. The smallest absolute Gasteiger partial charge is 0.415 e. The van der Waals surface area contributed by atoms with E-state index in [-0.39, 0.29) is 13.0 Å². The number of rotatable bonds is 4. The van der Waals surface area contributed by atoms with Crippen LogP contribution < -0.4 is 5.32 Å². The van der Waals surface area contributed by atoms with Crippen molar-refractivity contribution < 1.29 is 23.9 Å². The third-order valence-electron chi connectivity index (χ3n) is 2.75. The first kappa shape index (κ1) is 13.1. The van der Waals surface area contributed by atoms with Gasteiger partial charge in [-0.3, -0.25) is 10.1 Å². The lowest BCUT2D eigenvalue weighted by molar-refractivity contribution is -0.166. The van der Waals surface area contributed by atoms with E-state index in [0.717, 1.165) is 0 Å². The van der Waals surface area contributed by atoms with Gasteiger partial charge in [-0.1, -0.05) is 30.3 Å². The van der Waals surface area contributed by atoms with Gasteiger partial charge in [0, 0.05) is 6.42 Å². The summed E-state index contributed by atoms with van der Waals surface area (Å²) in [7, 11) is 0. The first-order valence-electron chi connectivity index (χ1n) is 5.84. The Bertz CT molecular complexity index is 513. The van der Waals surface area contributed by atoms with Crippen molar-refractivity contribution in [2.45, 2.75) is 18.9 Å². The molecule has 0 radical (unpaired) electrons. The average molecular weight is 263 g/mol. The summed E-state index contributed by atoms with van der Waals surface area (Å²) in [6.07, 6.45) is -0.987. The number of carbonyl (C=O) groups excluding carboxylic acids is 3. The fraction of sp³-hybridized carbons (Fsp3) is 0.308. The van der Waals surface area contributed by atoms with Crippen LogP contribution in [0, 0.1) is 0 Å². The Morgan fingerprint density at radius 2 is 2.00 bits per heavy atom. The second kappa shape index (κ2) is 5.09. The van der Waals surface area contributed by atoms with Crippen LogP contribution >= 0.6 is 0 Å². The molecule has 1 unspecified atom stereocenters. The van der Waals surface area contributed by atoms with Crippen molar-refractivity contribution in [3.8, 4) is 0 Å². The van der Waals surface area contributed by atoms with E-state index in [1.54, 1.807) is 37.3 Å². The number of amides is 2. The van der Waals surface area contributed by atoms with Crippen LogP contribution in [0.1, 0.15) is 12.5 Å². The molecule has 1 heterocycles. The second-order valence-corrected chi connectivity index (χ2v) is 4.05. The minimum Gasteiger partial charge on any atom is -0.463 e. The largest absolute Gasteiger partial charge is 0.463 e. The summed E-state index contributed by atoms with van der Waals surface area (Å²) in [5.41, 5.74) is -1.23. The molecule has 1 aliphatic rings. The van der Waals surface area contributed by atoms with Gasteiger partial charge >= 0.3 is 12.1 Å². The van der Waals surface area contributed by atoms with Crippen molar-refractivity contribution in [2.75, 3.05) is 6.61 Å². The number of hydrogen-bond acceptors (Lipinski definition) is 5. The lowest BCUT2D eigenvalue weighted by Gasteiger charge is -2.22. The SMILES string of the molecule is CCOC(=O)C1(Cc2ccccc2)OC(=O)NC1=O. The van der Waals surface area contributed by atoms with E-state index in [2.05, 4.69) is 0 Å². The zero-order valence-corrected chi connectivity index (χ0v) is 10.3. The molecule has 1 aromatic carbocycles. The van der Waals surface area contributed by atoms with Crippen molar-refractivity contribution in [1.29, 1.82) is 0 Å². The van der Waals surface area contributed by atoms with Crippen LogP contribution in [0.15, 0.2) is 30.3 Å². The maximum atomic E-state index is 12.0. The van der Waals surface area contributed by atoms with Gasteiger partial charge in [0.1, 0.15) is 0 Å². The molecule has 6 nitrogen and oxygen atoms in total.